The summed E-state index contributed by atoms with van der Waals surface area (Å²) in [5.74, 6) is 0.380. The second-order valence-corrected chi connectivity index (χ2v) is 6.38. The number of rotatable bonds is 4. The SMILES string of the molecule is CC(=O)Nc1ccc(C2CC(c3ccco3)=NN2C(=O)C(C)C)cc1. The van der Waals surface area contributed by atoms with Crippen molar-refractivity contribution in [2.45, 2.75) is 33.2 Å². The molecule has 25 heavy (non-hydrogen) atoms. The first-order valence-electron chi connectivity index (χ1n) is 8.27. The average molecular weight is 339 g/mol. The van der Waals surface area contributed by atoms with E-state index in [1.165, 1.54) is 6.92 Å². The van der Waals surface area contributed by atoms with Crippen molar-refractivity contribution in [1.82, 2.24) is 5.01 Å². The Kier molecular flexibility index (Phi) is 4.70. The molecule has 1 N–H and O–H groups in total. The van der Waals surface area contributed by atoms with Crippen molar-refractivity contribution in [1.29, 1.82) is 0 Å². The third-order valence-electron chi connectivity index (χ3n) is 4.05. The molecule has 0 bridgehead atoms. The first kappa shape index (κ1) is 17.0. The van der Waals surface area contributed by atoms with Crippen LogP contribution in [0.1, 0.15) is 44.6 Å². The molecule has 2 heterocycles. The first-order valence-corrected chi connectivity index (χ1v) is 8.27. The molecule has 0 saturated heterocycles. The van der Waals surface area contributed by atoms with Gasteiger partial charge in [0, 0.05) is 24.9 Å². The van der Waals surface area contributed by atoms with Gasteiger partial charge >= 0.3 is 0 Å². The molecule has 0 aliphatic carbocycles. The molecule has 1 aliphatic heterocycles. The maximum Gasteiger partial charge on any atom is 0.245 e. The van der Waals surface area contributed by atoms with Gasteiger partial charge in [-0.25, -0.2) is 5.01 Å². The maximum atomic E-state index is 12.6. The van der Waals surface area contributed by atoms with Crippen LogP contribution in [-0.4, -0.2) is 22.5 Å². The summed E-state index contributed by atoms with van der Waals surface area (Å²) in [7, 11) is 0. The lowest BCUT2D eigenvalue weighted by molar-refractivity contribution is -0.136. The molecule has 1 aromatic carbocycles. The quantitative estimate of drug-likeness (QED) is 0.925. The highest BCUT2D eigenvalue weighted by Gasteiger charge is 2.34. The zero-order chi connectivity index (χ0) is 18.0. The van der Waals surface area contributed by atoms with Crippen LogP contribution in [0, 0.1) is 5.92 Å². The number of carbonyl (C=O) groups excluding carboxylic acids is 2. The van der Waals surface area contributed by atoms with Gasteiger partial charge in [-0.3, -0.25) is 9.59 Å². The van der Waals surface area contributed by atoms with Crippen LogP contribution in [0.4, 0.5) is 5.69 Å². The van der Waals surface area contributed by atoms with E-state index in [0.717, 1.165) is 17.0 Å². The van der Waals surface area contributed by atoms with Crippen LogP contribution in [0.25, 0.3) is 0 Å². The van der Waals surface area contributed by atoms with Gasteiger partial charge in [0.1, 0.15) is 11.5 Å². The number of hydrazone groups is 1. The van der Waals surface area contributed by atoms with Crippen molar-refractivity contribution in [3.63, 3.8) is 0 Å². The molecule has 2 amide bonds. The molecule has 3 rings (SSSR count). The van der Waals surface area contributed by atoms with Crippen molar-refractivity contribution in [2.75, 3.05) is 5.32 Å². The fourth-order valence-corrected chi connectivity index (χ4v) is 2.82. The molecule has 6 nitrogen and oxygen atoms in total. The van der Waals surface area contributed by atoms with E-state index < -0.39 is 0 Å². The van der Waals surface area contributed by atoms with Crippen LogP contribution < -0.4 is 5.32 Å². The van der Waals surface area contributed by atoms with E-state index in [-0.39, 0.29) is 23.8 Å². The van der Waals surface area contributed by atoms with Crippen LogP contribution in [0.2, 0.25) is 0 Å². The van der Waals surface area contributed by atoms with Gasteiger partial charge < -0.3 is 9.73 Å². The summed E-state index contributed by atoms with van der Waals surface area (Å²) in [6, 6.07) is 11.0. The van der Waals surface area contributed by atoms with Crippen molar-refractivity contribution in [3.8, 4) is 0 Å². The third kappa shape index (κ3) is 3.63. The summed E-state index contributed by atoms with van der Waals surface area (Å²) in [5, 5.41) is 8.81. The van der Waals surface area contributed by atoms with Gasteiger partial charge in [-0.15, -0.1) is 0 Å². The number of furan rings is 1. The number of carbonyl (C=O) groups is 2. The van der Waals surface area contributed by atoms with E-state index in [1.54, 1.807) is 11.3 Å². The second kappa shape index (κ2) is 6.93. The second-order valence-electron chi connectivity index (χ2n) is 6.38. The molecule has 0 fully saturated rings. The Morgan fingerprint density at radius 1 is 1.24 bits per heavy atom. The van der Waals surface area contributed by atoms with Crippen molar-refractivity contribution < 1.29 is 14.0 Å². The number of nitrogens with one attached hydrogen (secondary N) is 1. The molecule has 1 aliphatic rings. The van der Waals surface area contributed by atoms with Gasteiger partial charge in [0.2, 0.25) is 11.8 Å². The standard InChI is InChI=1S/C19H21N3O3/c1-12(2)19(24)22-17(11-16(21-22)18-5-4-10-25-18)14-6-8-15(9-7-14)20-13(3)23/h4-10,12,17H,11H2,1-3H3,(H,20,23). The summed E-state index contributed by atoms with van der Waals surface area (Å²) in [6.45, 7) is 5.19. The molecular formula is C19H21N3O3. The molecule has 1 aromatic heterocycles. The number of anilines is 1. The first-order chi connectivity index (χ1) is 12.0. The van der Waals surface area contributed by atoms with E-state index in [4.69, 9.17) is 4.42 Å². The van der Waals surface area contributed by atoms with Crippen molar-refractivity contribution in [3.05, 3.63) is 54.0 Å². The van der Waals surface area contributed by atoms with Crippen molar-refractivity contribution in [2.24, 2.45) is 11.0 Å². The molecule has 0 spiro atoms. The maximum absolute atomic E-state index is 12.6. The van der Waals surface area contributed by atoms with E-state index in [2.05, 4.69) is 10.4 Å². The summed E-state index contributed by atoms with van der Waals surface area (Å²) in [5.41, 5.74) is 2.45. The fourth-order valence-electron chi connectivity index (χ4n) is 2.82. The largest absolute Gasteiger partial charge is 0.463 e. The lowest BCUT2D eigenvalue weighted by atomic mass is 10.00. The Bertz CT molecular complexity index is 792. The van der Waals surface area contributed by atoms with Crippen LogP contribution in [-0.2, 0) is 9.59 Å². The number of benzene rings is 1. The monoisotopic (exact) mass is 339 g/mol. The van der Waals surface area contributed by atoms with E-state index in [1.807, 2.05) is 50.2 Å². The fraction of sp³-hybridized carbons (Fsp3) is 0.316. The van der Waals surface area contributed by atoms with Gasteiger partial charge in [-0.05, 0) is 29.8 Å². The molecule has 1 unspecified atom stereocenters. The van der Waals surface area contributed by atoms with Gasteiger partial charge in [0.25, 0.3) is 0 Å². The number of hydrogen-bond donors (Lipinski definition) is 1. The third-order valence-corrected chi connectivity index (χ3v) is 4.05. The van der Waals surface area contributed by atoms with Gasteiger partial charge in [-0.1, -0.05) is 26.0 Å². The highest BCUT2D eigenvalue weighted by Crippen LogP contribution is 2.34. The summed E-state index contributed by atoms with van der Waals surface area (Å²) in [6.07, 6.45) is 2.19. The molecule has 1 atom stereocenters. The number of hydrogen-bond acceptors (Lipinski definition) is 4. The summed E-state index contributed by atoms with van der Waals surface area (Å²) < 4.78 is 5.44. The lowest BCUT2D eigenvalue weighted by Crippen LogP contribution is -2.30. The molecule has 130 valence electrons. The van der Waals surface area contributed by atoms with Crippen LogP contribution in [0.15, 0.2) is 52.2 Å². The van der Waals surface area contributed by atoms with Gasteiger partial charge in [-0.2, -0.15) is 5.10 Å². The smallest absolute Gasteiger partial charge is 0.245 e. The molecule has 6 heteroatoms. The predicted molar refractivity (Wildman–Crippen MR) is 95.0 cm³/mol. The van der Waals surface area contributed by atoms with Crippen LogP contribution >= 0.6 is 0 Å². The van der Waals surface area contributed by atoms with Gasteiger partial charge in [0.15, 0.2) is 0 Å². The highest BCUT2D eigenvalue weighted by molar-refractivity contribution is 6.01. The van der Waals surface area contributed by atoms with E-state index in [0.29, 0.717) is 12.2 Å². The topological polar surface area (TPSA) is 74.9 Å². The summed E-state index contributed by atoms with van der Waals surface area (Å²) >= 11 is 0. The number of amides is 2. The Hall–Kier alpha value is -2.89. The Balaban J connectivity index is 1.88. The Morgan fingerprint density at radius 3 is 2.52 bits per heavy atom. The summed E-state index contributed by atoms with van der Waals surface area (Å²) in [4.78, 5) is 23.7. The highest BCUT2D eigenvalue weighted by atomic mass is 16.3. The zero-order valence-electron chi connectivity index (χ0n) is 14.5. The molecule has 2 aromatic rings. The molecule has 0 saturated carbocycles. The average Bonchev–Trinajstić information content (AvgIpc) is 3.23. The minimum Gasteiger partial charge on any atom is -0.463 e. The van der Waals surface area contributed by atoms with Crippen LogP contribution in [0.5, 0.6) is 0 Å². The Morgan fingerprint density at radius 2 is 1.96 bits per heavy atom. The number of nitrogens with zero attached hydrogens (tertiary/aromatic N) is 2. The predicted octanol–water partition coefficient (Wildman–Crippen LogP) is 3.57. The molecular weight excluding hydrogens is 318 g/mol. The minimum atomic E-state index is -0.179. The van der Waals surface area contributed by atoms with E-state index in [9.17, 15) is 9.59 Å². The zero-order valence-corrected chi connectivity index (χ0v) is 14.5. The van der Waals surface area contributed by atoms with E-state index >= 15 is 0 Å². The Labute approximate surface area is 146 Å². The minimum absolute atomic E-state index is 0.0301. The molecule has 0 radical (unpaired) electrons. The lowest BCUT2D eigenvalue weighted by Gasteiger charge is -2.23. The van der Waals surface area contributed by atoms with Crippen molar-refractivity contribution >= 4 is 23.2 Å². The van der Waals surface area contributed by atoms with Gasteiger partial charge in [0.05, 0.1) is 12.3 Å². The normalized spacial score (nSPS) is 16.9. The van der Waals surface area contributed by atoms with Crippen LogP contribution in [0.3, 0.4) is 0 Å².